The molecule has 1 fully saturated rings. The van der Waals surface area contributed by atoms with Gasteiger partial charge in [-0.25, -0.2) is 9.48 Å². The Bertz CT molecular complexity index is 810. The maximum absolute atomic E-state index is 12.7. The van der Waals surface area contributed by atoms with Crippen LogP contribution in [0.4, 0.5) is 0 Å². The van der Waals surface area contributed by atoms with Crippen LogP contribution in [0, 0.1) is 6.92 Å². The Hall–Kier alpha value is -2.34. The quantitative estimate of drug-likeness (QED) is 0.874. The fourth-order valence-electron chi connectivity index (χ4n) is 3.33. The van der Waals surface area contributed by atoms with Crippen LogP contribution in [-0.4, -0.2) is 32.3 Å². The van der Waals surface area contributed by atoms with Crippen LogP contribution >= 0.6 is 11.6 Å². The minimum atomic E-state index is -1.19. The van der Waals surface area contributed by atoms with Crippen molar-refractivity contribution in [2.24, 2.45) is 0 Å². The first-order valence-electron chi connectivity index (χ1n) is 8.30. The van der Waals surface area contributed by atoms with Crippen LogP contribution in [0.1, 0.15) is 48.2 Å². The van der Waals surface area contributed by atoms with Crippen molar-refractivity contribution in [2.45, 2.75) is 44.6 Å². The molecule has 0 bridgehead atoms. The first-order valence-corrected chi connectivity index (χ1v) is 8.68. The number of hydrogen-bond donors (Lipinski definition) is 2. The van der Waals surface area contributed by atoms with Gasteiger partial charge in [0.25, 0.3) is 5.91 Å². The van der Waals surface area contributed by atoms with E-state index in [2.05, 4.69) is 10.4 Å². The highest BCUT2D eigenvalue weighted by Gasteiger charge is 2.41. The van der Waals surface area contributed by atoms with Gasteiger partial charge in [-0.05, 0) is 31.9 Å². The largest absolute Gasteiger partial charge is 0.480 e. The number of hydrogen-bond acceptors (Lipinski definition) is 3. The summed E-state index contributed by atoms with van der Waals surface area (Å²) in [6, 6.07) is 7.21. The number of nitrogens with zero attached hydrogens (tertiary/aromatic N) is 2. The molecule has 2 aromatic rings. The van der Waals surface area contributed by atoms with Crippen molar-refractivity contribution < 1.29 is 14.7 Å². The molecular weight excluding hydrogens is 342 g/mol. The number of nitrogens with one attached hydrogen (secondary N) is 1. The molecule has 0 spiro atoms. The second kappa shape index (κ2) is 6.88. The van der Waals surface area contributed by atoms with Crippen LogP contribution in [0.3, 0.4) is 0 Å². The van der Waals surface area contributed by atoms with Crippen molar-refractivity contribution in [3.05, 3.63) is 46.7 Å². The van der Waals surface area contributed by atoms with Crippen LogP contribution in [0.15, 0.2) is 30.5 Å². The molecule has 0 radical (unpaired) electrons. The van der Waals surface area contributed by atoms with E-state index >= 15 is 0 Å². The van der Waals surface area contributed by atoms with Crippen LogP contribution in [-0.2, 0) is 4.79 Å². The van der Waals surface area contributed by atoms with Gasteiger partial charge in [-0.1, -0.05) is 43.0 Å². The second-order valence-electron chi connectivity index (χ2n) is 6.41. The Morgan fingerprint density at radius 2 is 1.92 bits per heavy atom. The van der Waals surface area contributed by atoms with Crippen molar-refractivity contribution in [3.8, 4) is 5.69 Å². The third kappa shape index (κ3) is 3.26. The van der Waals surface area contributed by atoms with Gasteiger partial charge in [0.2, 0.25) is 0 Å². The standard InChI is InChI=1S/C18H20ClN3O3/c1-12-13(11-20-22(12)15-8-4-3-7-14(15)19)16(23)21-18(17(24)25)9-5-2-6-10-18/h3-4,7-8,11H,2,5-6,9-10H2,1H3,(H,21,23)(H,24,25). The SMILES string of the molecule is Cc1c(C(=O)NC2(C(=O)O)CCCCC2)cnn1-c1ccccc1Cl. The highest BCUT2D eigenvalue weighted by molar-refractivity contribution is 6.32. The van der Waals surface area contributed by atoms with Crippen LogP contribution in [0.2, 0.25) is 5.02 Å². The van der Waals surface area contributed by atoms with Crippen molar-refractivity contribution in [1.82, 2.24) is 15.1 Å². The van der Waals surface area contributed by atoms with E-state index in [-0.39, 0.29) is 0 Å². The number of para-hydroxylation sites is 1. The minimum Gasteiger partial charge on any atom is -0.480 e. The number of halogens is 1. The Labute approximate surface area is 150 Å². The Morgan fingerprint density at radius 1 is 1.24 bits per heavy atom. The van der Waals surface area contributed by atoms with Gasteiger partial charge in [-0.3, -0.25) is 4.79 Å². The fourth-order valence-corrected chi connectivity index (χ4v) is 3.55. The van der Waals surface area contributed by atoms with Gasteiger partial charge >= 0.3 is 5.97 Å². The fraction of sp³-hybridized carbons (Fsp3) is 0.389. The highest BCUT2D eigenvalue weighted by atomic mass is 35.5. The molecular formula is C18H20ClN3O3. The maximum atomic E-state index is 12.7. The summed E-state index contributed by atoms with van der Waals surface area (Å²) >= 11 is 6.20. The molecule has 25 heavy (non-hydrogen) atoms. The van der Waals surface area contributed by atoms with E-state index in [0.29, 0.717) is 34.8 Å². The van der Waals surface area contributed by atoms with E-state index in [1.54, 1.807) is 17.7 Å². The van der Waals surface area contributed by atoms with Gasteiger partial charge in [-0.2, -0.15) is 5.10 Å². The molecule has 3 rings (SSSR count). The maximum Gasteiger partial charge on any atom is 0.329 e. The Balaban J connectivity index is 1.89. The van der Waals surface area contributed by atoms with E-state index in [1.807, 2.05) is 18.2 Å². The van der Waals surface area contributed by atoms with Gasteiger partial charge in [-0.15, -0.1) is 0 Å². The molecule has 7 heteroatoms. The monoisotopic (exact) mass is 361 g/mol. The lowest BCUT2D eigenvalue weighted by Crippen LogP contribution is -2.55. The van der Waals surface area contributed by atoms with Crippen LogP contribution < -0.4 is 5.32 Å². The molecule has 1 amide bonds. The third-order valence-electron chi connectivity index (χ3n) is 4.80. The van der Waals surface area contributed by atoms with E-state index in [0.717, 1.165) is 19.3 Å². The minimum absolute atomic E-state index is 0.353. The summed E-state index contributed by atoms with van der Waals surface area (Å²) < 4.78 is 1.59. The molecule has 0 atom stereocenters. The molecule has 0 unspecified atom stereocenters. The highest BCUT2D eigenvalue weighted by Crippen LogP contribution is 2.29. The van der Waals surface area contributed by atoms with E-state index < -0.39 is 17.4 Å². The molecule has 1 aliphatic rings. The zero-order valence-corrected chi connectivity index (χ0v) is 14.7. The van der Waals surface area contributed by atoms with Crippen LogP contribution in [0.5, 0.6) is 0 Å². The topological polar surface area (TPSA) is 84.2 Å². The smallest absolute Gasteiger partial charge is 0.329 e. The van der Waals surface area contributed by atoms with E-state index in [1.165, 1.54) is 6.20 Å². The number of amides is 1. The van der Waals surface area contributed by atoms with Gasteiger partial charge in [0, 0.05) is 0 Å². The number of aliphatic carboxylic acids is 1. The number of carboxylic acid groups (broad SMARTS) is 1. The summed E-state index contributed by atoms with van der Waals surface area (Å²) in [5, 5.41) is 17.1. The number of carbonyl (C=O) groups excluding carboxylic acids is 1. The summed E-state index contributed by atoms with van der Waals surface area (Å²) in [6.07, 6.45) is 4.94. The summed E-state index contributed by atoms with van der Waals surface area (Å²) in [5.74, 6) is -1.39. The summed E-state index contributed by atoms with van der Waals surface area (Å²) in [6.45, 7) is 1.76. The predicted octanol–water partition coefficient (Wildman–Crippen LogP) is 3.35. The third-order valence-corrected chi connectivity index (χ3v) is 5.12. The number of aromatic nitrogens is 2. The molecule has 6 nitrogen and oxygen atoms in total. The number of carboxylic acids is 1. The molecule has 1 aromatic heterocycles. The van der Waals surface area contributed by atoms with Gasteiger partial charge in [0.15, 0.2) is 0 Å². The lowest BCUT2D eigenvalue weighted by Gasteiger charge is -2.33. The van der Waals surface area contributed by atoms with Gasteiger partial charge < -0.3 is 10.4 Å². The lowest BCUT2D eigenvalue weighted by atomic mass is 9.81. The summed E-state index contributed by atoms with van der Waals surface area (Å²) in [5.41, 5.74) is 0.452. The second-order valence-corrected chi connectivity index (χ2v) is 6.82. The van der Waals surface area contributed by atoms with E-state index in [9.17, 15) is 14.7 Å². The lowest BCUT2D eigenvalue weighted by molar-refractivity contribution is -0.145. The Kier molecular flexibility index (Phi) is 4.81. The number of rotatable bonds is 4. The van der Waals surface area contributed by atoms with Crippen molar-refractivity contribution in [1.29, 1.82) is 0 Å². The molecule has 0 aliphatic heterocycles. The van der Waals surface area contributed by atoms with Gasteiger partial charge in [0.1, 0.15) is 5.54 Å². The molecule has 1 heterocycles. The summed E-state index contributed by atoms with van der Waals surface area (Å²) in [7, 11) is 0. The molecule has 132 valence electrons. The van der Waals surface area contributed by atoms with Gasteiger partial charge in [0.05, 0.1) is 28.2 Å². The zero-order valence-electron chi connectivity index (χ0n) is 14.0. The first kappa shape index (κ1) is 17.5. The first-order chi connectivity index (χ1) is 11.9. The molecule has 0 saturated heterocycles. The average molecular weight is 362 g/mol. The van der Waals surface area contributed by atoms with E-state index in [4.69, 9.17) is 11.6 Å². The Morgan fingerprint density at radius 3 is 2.56 bits per heavy atom. The molecule has 1 aromatic carbocycles. The molecule has 2 N–H and O–H groups in total. The average Bonchev–Trinajstić information content (AvgIpc) is 2.97. The van der Waals surface area contributed by atoms with Crippen LogP contribution in [0.25, 0.3) is 5.69 Å². The molecule has 1 saturated carbocycles. The summed E-state index contributed by atoms with van der Waals surface area (Å²) in [4.78, 5) is 24.5. The van der Waals surface area contributed by atoms with Crippen molar-refractivity contribution in [3.63, 3.8) is 0 Å². The number of benzene rings is 1. The molecule has 1 aliphatic carbocycles. The van der Waals surface area contributed by atoms with Crippen molar-refractivity contribution in [2.75, 3.05) is 0 Å². The number of carbonyl (C=O) groups is 2. The zero-order chi connectivity index (χ0) is 18.0. The van der Waals surface area contributed by atoms with Crippen molar-refractivity contribution >= 4 is 23.5 Å². The predicted molar refractivity (Wildman–Crippen MR) is 94.2 cm³/mol. The normalized spacial score (nSPS) is 16.4.